The normalized spacial score (nSPS) is 14.0. The van der Waals surface area contributed by atoms with Gasteiger partial charge in [-0.1, -0.05) is 30.3 Å². The molecule has 0 radical (unpaired) electrons. The van der Waals surface area contributed by atoms with Crippen molar-refractivity contribution in [3.05, 3.63) is 35.9 Å². The van der Waals surface area contributed by atoms with Crippen LogP contribution in [0.15, 0.2) is 30.3 Å². The van der Waals surface area contributed by atoms with Crippen LogP contribution in [0.4, 0.5) is 0 Å². The summed E-state index contributed by atoms with van der Waals surface area (Å²) in [4.78, 5) is 25.8. The first-order valence-electron chi connectivity index (χ1n) is 6.30. The van der Waals surface area contributed by atoms with Crippen molar-refractivity contribution >= 4 is 27.7 Å². The van der Waals surface area contributed by atoms with Crippen LogP contribution < -0.4 is 5.32 Å². The lowest BCUT2D eigenvalue weighted by molar-refractivity contribution is -0.139. The summed E-state index contributed by atoms with van der Waals surface area (Å²) in [6.07, 6.45) is 0.746. The van der Waals surface area contributed by atoms with E-state index in [1.165, 1.54) is 0 Å². The maximum absolute atomic E-state index is 12.3. The summed E-state index contributed by atoms with van der Waals surface area (Å²) < 4.78 is -1.78. The number of benzene rings is 1. The van der Waals surface area contributed by atoms with Crippen LogP contribution >= 0.6 is 15.9 Å². The van der Waals surface area contributed by atoms with Gasteiger partial charge < -0.3 is 10.0 Å². The molecule has 1 atom stereocenters. The Balaban J connectivity index is 2.76. The number of nitrogens with one attached hydrogen (secondary N) is 1. The highest BCUT2D eigenvalue weighted by molar-refractivity contribution is 9.10. The number of carboxylic acids is 1. The van der Waals surface area contributed by atoms with Gasteiger partial charge in [-0.2, -0.15) is 0 Å². The lowest BCUT2D eigenvalue weighted by Crippen LogP contribution is -2.53. The molecule has 0 saturated heterocycles. The minimum atomic E-state index is -1.78. The average molecular weight is 343 g/mol. The van der Waals surface area contributed by atoms with Crippen molar-refractivity contribution in [1.82, 2.24) is 10.2 Å². The van der Waals surface area contributed by atoms with Crippen molar-refractivity contribution < 1.29 is 14.7 Å². The van der Waals surface area contributed by atoms with Crippen molar-refractivity contribution in [2.75, 3.05) is 27.2 Å². The van der Waals surface area contributed by atoms with Gasteiger partial charge in [-0.3, -0.25) is 10.1 Å². The number of alkyl halides is 1. The first-order valence-corrected chi connectivity index (χ1v) is 7.09. The molecular weight excluding hydrogens is 324 g/mol. The molecular formula is C14H19BrN2O3. The highest BCUT2D eigenvalue weighted by Gasteiger charge is 2.43. The first-order chi connectivity index (χ1) is 9.38. The predicted octanol–water partition coefficient (Wildman–Crippen LogP) is 1.59. The molecule has 0 saturated carbocycles. The Labute approximate surface area is 127 Å². The Bertz CT molecular complexity index is 465. The third-order valence-corrected chi connectivity index (χ3v) is 3.77. The maximum atomic E-state index is 12.3. The van der Waals surface area contributed by atoms with Crippen LogP contribution in [-0.2, 0) is 4.79 Å². The molecule has 1 unspecified atom stereocenters. The van der Waals surface area contributed by atoms with Gasteiger partial charge in [-0.15, -0.1) is 0 Å². The lowest BCUT2D eigenvalue weighted by Gasteiger charge is -2.23. The molecule has 0 heterocycles. The summed E-state index contributed by atoms with van der Waals surface area (Å²) in [6.45, 7) is 1.24. The highest BCUT2D eigenvalue weighted by Crippen LogP contribution is 2.21. The van der Waals surface area contributed by atoms with Crippen molar-refractivity contribution in [1.29, 1.82) is 0 Å². The molecule has 1 aromatic carbocycles. The summed E-state index contributed by atoms with van der Waals surface area (Å²) in [7, 11) is 3.88. The SMILES string of the molecule is CN(C)CCCNC(Br)(C(=O)O)C(=O)c1ccccc1. The lowest BCUT2D eigenvalue weighted by atomic mass is 10.0. The molecule has 0 aliphatic heterocycles. The fourth-order valence-corrected chi connectivity index (χ4v) is 2.12. The van der Waals surface area contributed by atoms with Crippen LogP contribution in [-0.4, -0.2) is 53.4 Å². The van der Waals surface area contributed by atoms with Gasteiger partial charge in [0, 0.05) is 5.56 Å². The molecule has 0 fully saturated rings. The number of aliphatic carboxylic acids is 1. The van der Waals surface area contributed by atoms with E-state index >= 15 is 0 Å². The summed E-state index contributed by atoms with van der Waals surface area (Å²) in [5, 5.41) is 12.1. The van der Waals surface area contributed by atoms with Gasteiger partial charge in [0.2, 0.25) is 10.2 Å². The Morgan fingerprint density at radius 3 is 2.40 bits per heavy atom. The summed E-state index contributed by atoms with van der Waals surface area (Å²) in [6, 6.07) is 8.38. The Hall–Kier alpha value is -1.24. The number of carbonyl (C=O) groups excluding carboxylic acids is 1. The van der Waals surface area contributed by atoms with Crippen molar-refractivity contribution in [2.24, 2.45) is 0 Å². The molecule has 0 bridgehead atoms. The van der Waals surface area contributed by atoms with Gasteiger partial charge in [-0.25, -0.2) is 4.79 Å². The van der Waals surface area contributed by atoms with Crippen molar-refractivity contribution in [3.63, 3.8) is 0 Å². The summed E-state index contributed by atoms with van der Waals surface area (Å²) in [5.74, 6) is -1.74. The van der Waals surface area contributed by atoms with E-state index in [0.717, 1.165) is 13.0 Å². The highest BCUT2D eigenvalue weighted by atomic mass is 79.9. The minimum Gasteiger partial charge on any atom is -0.479 e. The Kier molecular flexibility index (Phi) is 6.32. The second-order valence-corrected chi connectivity index (χ2v) is 5.93. The van der Waals surface area contributed by atoms with E-state index in [9.17, 15) is 14.7 Å². The van der Waals surface area contributed by atoms with Crippen LogP contribution in [0.5, 0.6) is 0 Å². The van der Waals surface area contributed by atoms with Crippen LogP contribution in [0, 0.1) is 0 Å². The standard InChI is InChI=1S/C14H19BrN2O3/c1-17(2)10-6-9-16-14(15,13(19)20)12(18)11-7-4-3-5-8-11/h3-5,7-8,16H,6,9-10H2,1-2H3,(H,19,20). The van der Waals surface area contributed by atoms with E-state index in [4.69, 9.17) is 0 Å². The fraction of sp³-hybridized carbons (Fsp3) is 0.429. The molecule has 1 rings (SSSR count). The number of halogens is 1. The average Bonchev–Trinajstić information content (AvgIpc) is 2.43. The number of carboxylic acid groups (broad SMARTS) is 1. The van der Waals surface area contributed by atoms with Gasteiger partial charge in [0.05, 0.1) is 0 Å². The number of Topliss-reactive ketones (excluding diaryl/α,β-unsaturated/α-hetero) is 1. The molecule has 0 spiro atoms. The van der Waals surface area contributed by atoms with Gasteiger partial charge in [0.15, 0.2) is 0 Å². The first kappa shape index (κ1) is 16.8. The van der Waals surface area contributed by atoms with Gasteiger partial charge >= 0.3 is 5.97 Å². The van der Waals surface area contributed by atoms with Gasteiger partial charge in [-0.05, 0) is 49.5 Å². The molecule has 2 N–H and O–H groups in total. The van der Waals surface area contributed by atoms with E-state index < -0.39 is 16.2 Å². The maximum Gasteiger partial charge on any atom is 0.343 e. The van der Waals surface area contributed by atoms with Crippen LogP contribution in [0.3, 0.4) is 0 Å². The van der Waals surface area contributed by atoms with Gasteiger partial charge in [0.1, 0.15) is 0 Å². The molecule has 0 aliphatic rings. The fourth-order valence-electron chi connectivity index (χ4n) is 1.70. The molecule has 0 aromatic heterocycles. The number of hydrogen-bond donors (Lipinski definition) is 2. The van der Waals surface area contributed by atoms with E-state index in [-0.39, 0.29) is 0 Å². The van der Waals surface area contributed by atoms with E-state index in [1.54, 1.807) is 30.3 Å². The van der Waals surface area contributed by atoms with E-state index in [1.807, 2.05) is 19.0 Å². The topological polar surface area (TPSA) is 69.6 Å². The molecule has 0 aliphatic carbocycles. The predicted molar refractivity (Wildman–Crippen MR) is 81.2 cm³/mol. The number of nitrogens with zero attached hydrogens (tertiary/aromatic N) is 1. The molecule has 0 amide bonds. The van der Waals surface area contributed by atoms with E-state index in [0.29, 0.717) is 12.1 Å². The number of carbonyl (C=O) groups is 2. The Morgan fingerprint density at radius 1 is 1.30 bits per heavy atom. The zero-order chi connectivity index (χ0) is 15.2. The largest absolute Gasteiger partial charge is 0.479 e. The second kappa shape index (κ2) is 7.52. The van der Waals surface area contributed by atoms with Crippen molar-refractivity contribution in [3.8, 4) is 0 Å². The monoisotopic (exact) mass is 342 g/mol. The van der Waals surface area contributed by atoms with Crippen molar-refractivity contribution in [2.45, 2.75) is 10.9 Å². The second-order valence-electron chi connectivity index (χ2n) is 4.74. The third kappa shape index (κ3) is 4.40. The van der Waals surface area contributed by atoms with Crippen LogP contribution in [0.1, 0.15) is 16.8 Å². The molecule has 6 heteroatoms. The zero-order valence-electron chi connectivity index (χ0n) is 11.6. The van der Waals surface area contributed by atoms with Gasteiger partial charge in [0.25, 0.3) is 0 Å². The zero-order valence-corrected chi connectivity index (χ0v) is 13.2. The summed E-state index contributed by atoms with van der Waals surface area (Å²) in [5.41, 5.74) is 0.354. The summed E-state index contributed by atoms with van der Waals surface area (Å²) >= 11 is 3.05. The van der Waals surface area contributed by atoms with Crippen LogP contribution in [0.2, 0.25) is 0 Å². The number of ketones is 1. The van der Waals surface area contributed by atoms with E-state index in [2.05, 4.69) is 21.2 Å². The molecule has 5 nitrogen and oxygen atoms in total. The number of rotatable bonds is 8. The smallest absolute Gasteiger partial charge is 0.343 e. The number of hydrogen-bond acceptors (Lipinski definition) is 4. The molecule has 1 aromatic rings. The quantitative estimate of drug-likeness (QED) is 0.247. The minimum absolute atomic E-state index is 0.354. The molecule has 20 heavy (non-hydrogen) atoms. The Morgan fingerprint density at radius 2 is 1.90 bits per heavy atom. The third-order valence-electron chi connectivity index (χ3n) is 2.79. The van der Waals surface area contributed by atoms with Crippen LogP contribution in [0.25, 0.3) is 0 Å². The molecule has 110 valence electrons.